The summed E-state index contributed by atoms with van der Waals surface area (Å²) < 4.78 is 0.532. The first-order valence-electron chi connectivity index (χ1n) is 9.83. The summed E-state index contributed by atoms with van der Waals surface area (Å²) in [4.78, 5) is 53.2. The van der Waals surface area contributed by atoms with Crippen molar-refractivity contribution in [1.82, 2.24) is 10.4 Å². The fourth-order valence-electron chi connectivity index (χ4n) is 3.47. The summed E-state index contributed by atoms with van der Waals surface area (Å²) in [5, 5.41) is 0.959. The van der Waals surface area contributed by atoms with E-state index in [-0.39, 0.29) is 17.5 Å². The topological polar surface area (TPSA) is 86.8 Å². The zero-order valence-electron chi connectivity index (χ0n) is 16.8. The number of hydrogen-bond acceptors (Lipinski definition) is 4. The molecule has 0 bridgehead atoms. The van der Waals surface area contributed by atoms with Gasteiger partial charge in [-0.15, -0.1) is 0 Å². The smallest absolute Gasteiger partial charge is 0.273 e. The van der Waals surface area contributed by atoms with E-state index in [2.05, 4.69) is 21.4 Å². The van der Waals surface area contributed by atoms with Gasteiger partial charge in [-0.3, -0.25) is 24.6 Å². The molecule has 1 N–H and O–H groups in total. The Kier molecular flexibility index (Phi) is 6.13. The standard InChI is InChI=1S/C24H18BrN3O4/c25-19-14-8-7-13-18(19)22(30)26-28(23(31)16-9-3-1-4-10-16)20-15-21(29)27(24(20)32)17-11-5-2-6-12-17/h1-14,20H,15H2,(H,26,30). The molecule has 1 atom stereocenters. The minimum absolute atomic E-state index is 0.247. The van der Waals surface area contributed by atoms with E-state index in [4.69, 9.17) is 0 Å². The third-order valence-corrected chi connectivity index (χ3v) is 5.72. The van der Waals surface area contributed by atoms with Gasteiger partial charge in [-0.05, 0) is 52.3 Å². The normalized spacial score (nSPS) is 15.5. The largest absolute Gasteiger partial charge is 0.274 e. The molecule has 4 rings (SSSR count). The molecular weight excluding hydrogens is 474 g/mol. The van der Waals surface area contributed by atoms with Gasteiger partial charge < -0.3 is 0 Å². The van der Waals surface area contributed by atoms with Crippen molar-refractivity contribution in [2.75, 3.05) is 4.90 Å². The molecule has 32 heavy (non-hydrogen) atoms. The number of amides is 4. The van der Waals surface area contributed by atoms with Crippen molar-refractivity contribution in [1.29, 1.82) is 0 Å². The molecule has 7 nitrogen and oxygen atoms in total. The highest BCUT2D eigenvalue weighted by molar-refractivity contribution is 9.10. The van der Waals surface area contributed by atoms with E-state index < -0.39 is 29.7 Å². The van der Waals surface area contributed by atoms with Gasteiger partial charge in [0.05, 0.1) is 17.7 Å². The Hall–Kier alpha value is -3.78. The van der Waals surface area contributed by atoms with E-state index in [0.29, 0.717) is 10.2 Å². The molecule has 1 heterocycles. The highest BCUT2D eigenvalue weighted by Crippen LogP contribution is 2.26. The third kappa shape index (κ3) is 4.17. The van der Waals surface area contributed by atoms with Crippen LogP contribution in [0.15, 0.2) is 89.4 Å². The maximum absolute atomic E-state index is 13.3. The van der Waals surface area contributed by atoms with Crippen LogP contribution >= 0.6 is 15.9 Å². The number of nitrogens with one attached hydrogen (secondary N) is 1. The predicted molar refractivity (Wildman–Crippen MR) is 122 cm³/mol. The highest BCUT2D eigenvalue weighted by atomic mass is 79.9. The summed E-state index contributed by atoms with van der Waals surface area (Å²) in [6.07, 6.45) is -0.247. The quantitative estimate of drug-likeness (QED) is 0.446. The molecule has 8 heteroatoms. The summed E-state index contributed by atoms with van der Waals surface area (Å²) in [7, 11) is 0. The number of para-hydroxylation sites is 1. The molecule has 0 radical (unpaired) electrons. The number of benzene rings is 3. The number of hydrazine groups is 1. The van der Waals surface area contributed by atoms with Crippen molar-refractivity contribution in [3.63, 3.8) is 0 Å². The molecule has 3 aromatic carbocycles. The second-order valence-corrected chi connectivity index (χ2v) is 7.94. The van der Waals surface area contributed by atoms with Gasteiger partial charge in [0.1, 0.15) is 6.04 Å². The molecule has 3 aromatic rings. The summed E-state index contributed by atoms with van der Waals surface area (Å²) in [6.45, 7) is 0. The van der Waals surface area contributed by atoms with Gasteiger partial charge in [0.15, 0.2) is 0 Å². The Balaban J connectivity index is 1.69. The first kappa shape index (κ1) is 21.5. The SMILES string of the molecule is O=C(NN(C(=O)c1ccccc1)C1CC(=O)N(c2ccccc2)C1=O)c1ccccc1Br. The summed E-state index contributed by atoms with van der Waals surface area (Å²) >= 11 is 3.32. The van der Waals surface area contributed by atoms with Crippen LogP contribution in [0.3, 0.4) is 0 Å². The number of rotatable bonds is 4. The molecular formula is C24H18BrN3O4. The van der Waals surface area contributed by atoms with Crippen molar-refractivity contribution >= 4 is 45.2 Å². The number of nitrogens with zero attached hydrogens (tertiary/aromatic N) is 2. The number of imide groups is 1. The van der Waals surface area contributed by atoms with Crippen molar-refractivity contribution in [2.24, 2.45) is 0 Å². The van der Waals surface area contributed by atoms with Gasteiger partial charge in [0.25, 0.3) is 17.7 Å². The average Bonchev–Trinajstić information content (AvgIpc) is 3.11. The lowest BCUT2D eigenvalue weighted by molar-refractivity contribution is -0.122. The summed E-state index contributed by atoms with van der Waals surface area (Å²) in [6, 6.07) is 22.3. The molecule has 1 aliphatic heterocycles. The van der Waals surface area contributed by atoms with E-state index >= 15 is 0 Å². The zero-order valence-corrected chi connectivity index (χ0v) is 18.4. The van der Waals surface area contributed by atoms with Gasteiger partial charge >= 0.3 is 0 Å². The van der Waals surface area contributed by atoms with Crippen LogP contribution in [0.25, 0.3) is 0 Å². The van der Waals surface area contributed by atoms with Gasteiger partial charge in [-0.1, -0.05) is 48.5 Å². The molecule has 1 fully saturated rings. The second kappa shape index (κ2) is 9.15. The van der Waals surface area contributed by atoms with E-state index in [1.807, 2.05) is 0 Å². The zero-order chi connectivity index (χ0) is 22.7. The first-order chi connectivity index (χ1) is 15.5. The first-order valence-corrected chi connectivity index (χ1v) is 10.6. The molecule has 0 spiro atoms. The number of hydrogen-bond donors (Lipinski definition) is 1. The van der Waals surface area contributed by atoms with Crippen molar-refractivity contribution < 1.29 is 19.2 Å². The Morgan fingerprint density at radius 1 is 0.875 bits per heavy atom. The maximum Gasteiger partial charge on any atom is 0.273 e. The lowest BCUT2D eigenvalue weighted by Gasteiger charge is -2.28. The predicted octanol–water partition coefficient (Wildman–Crippen LogP) is 3.57. The van der Waals surface area contributed by atoms with Crippen LogP contribution in [0.4, 0.5) is 5.69 Å². The summed E-state index contributed by atoms with van der Waals surface area (Å²) in [5.41, 5.74) is 3.53. The fourth-order valence-corrected chi connectivity index (χ4v) is 3.94. The highest BCUT2D eigenvalue weighted by Gasteiger charge is 2.45. The van der Waals surface area contributed by atoms with Crippen molar-refractivity contribution in [3.8, 4) is 0 Å². The van der Waals surface area contributed by atoms with E-state index in [1.54, 1.807) is 84.9 Å². The van der Waals surface area contributed by atoms with E-state index in [9.17, 15) is 19.2 Å². The molecule has 0 saturated carbocycles. The van der Waals surface area contributed by atoms with Crippen LogP contribution in [-0.2, 0) is 9.59 Å². The monoisotopic (exact) mass is 491 g/mol. The molecule has 1 unspecified atom stereocenters. The second-order valence-electron chi connectivity index (χ2n) is 7.08. The molecule has 160 valence electrons. The van der Waals surface area contributed by atoms with Crippen LogP contribution in [0.1, 0.15) is 27.1 Å². The number of anilines is 1. The molecule has 1 saturated heterocycles. The van der Waals surface area contributed by atoms with Crippen molar-refractivity contribution in [3.05, 3.63) is 101 Å². The Morgan fingerprint density at radius 3 is 2.12 bits per heavy atom. The Morgan fingerprint density at radius 2 is 1.47 bits per heavy atom. The van der Waals surface area contributed by atoms with Crippen LogP contribution in [-0.4, -0.2) is 34.7 Å². The Bertz CT molecular complexity index is 1180. The Labute approximate surface area is 192 Å². The summed E-state index contributed by atoms with van der Waals surface area (Å²) in [5.74, 6) is -2.21. The molecule has 0 aliphatic carbocycles. The average molecular weight is 492 g/mol. The number of carbonyl (C=O) groups is 4. The minimum Gasteiger partial charge on any atom is -0.274 e. The van der Waals surface area contributed by atoms with E-state index in [1.165, 1.54) is 0 Å². The number of carbonyl (C=O) groups excluding carboxylic acids is 4. The van der Waals surface area contributed by atoms with E-state index in [0.717, 1.165) is 9.91 Å². The van der Waals surface area contributed by atoms with Crippen LogP contribution in [0.2, 0.25) is 0 Å². The maximum atomic E-state index is 13.3. The third-order valence-electron chi connectivity index (χ3n) is 5.03. The lowest BCUT2D eigenvalue weighted by Crippen LogP contribution is -2.54. The molecule has 4 amide bonds. The lowest BCUT2D eigenvalue weighted by atomic mass is 10.1. The van der Waals surface area contributed by atoms with Crippen LogP contribution in [0, 0.1) is 0 Å². The number of halogens is 1. The van der Waals surface area contributed by atoms with Crippen molar-refractivity contribution in [2.45, 2.75) is 12.5 Å². The van der Waals surface area contributed by atoms with Gasteiger partial charge in [-0.25, -0.2) is 9.91 Å². The van der Waals surface area contributed by atoms with Gasteiger partial charge in [-0.2, -0.15) is 0 Å². The van der Waals surface area contributed by atoms with Gasteiger partial charge in [0.2, 0.25) is 5.91 Å². The molecule has 0 aromatic heterocycles. The van der Waals surface area contributed by atoms with Crippen LogP contribution in [0.5, 0.6) is 0 Å². The van der Waals surface area contributed by atoms with Crippen LogP contribution < -0.4 is 10.3 Å². The van der Waals surface area contributed by atoms with Gasteiger partial charge in [0, 0.05) is 10.0 Å². The minimum atomic E-state index is -1.18. The fraction of sp³-hybridized carbons (Fsp3) is 0.0833. The molecule has 1 aliphatic rings.